The van der Waals surface area contributed by atoms with Crippen LogP contribution in [-0.4, -0.2) is 35.2 Å². The number of aromatic nitrogens is 2. The third kappa shape index (κ3) is 7.99. The lowest BCUT2D eigenvalue weighted by Gasteiger charge is -2.11. The molecule has 4 aromatic rings. The fraction of sp³-hybridized carbons (Fsp3) is 0.333. The number of fused-ring (bicyclic) bond motifs is 1. The normalized spacial score (nSPS) is 11.0. The Morgan fingerprint density at radius 1 is 0.919 bits per heavy atom. The van der Waals surface area contributed by atoms with E-state index in [2.05, 4.69) is 35.0 Å². The predicted octanol–water partition coefficient (Wildman–Crippen LogP) is 6.24. The Morgan fingerprint density at radius 2 is 1.65 bits per heavy atom. The molecule has 0 aliphatic rings. The first kappa shape index (κ1) is 26.6. The van der Waals surface area contributed by atoms with Crippen LogP contribution in [0.25, 0.3) is 11.0 Å². The molecule has 0 unspecified atom stereocenters. The zero-order valence-corrected chi connectivity index (χ0v) is 22.0. The number of hydrogen-bond acceptors (Lipinski definition) is 4. The lowest BCUT2D eigenvalue weighted by molar-refractivity contribution is -0.123. The highest BCUT2D eigenvalue weighted by atomic mass is 35.5. The summed E-state index contributed by atoms with van der Waals surface area (Å²) in [5.74, 6) is 2.44. The first-order chi connectivity index (χ1) is 18.1. The number of amides is 1. The van der Waals surface area contributed by atoms with Crippen molar-refractivity contribution in [2.75, 3.05) is 19.8 Å². The van der Waals surface area contributed by atoms with E-state index in [1.165, 1.54) is 5.56 Å². The van der Waals surface area contributed by atoms with Crippen molar-refractivity contribution >= 4 is 28.5 Å². The molecular formula is C30H34ClN3O3. The maximum atomic E-state index is 12.1. The Bertz CT molecular complexity index is 1270. The minimum absolute atomic E-state index is 0.0229. The molecule has 1 amide bonds. The summed E-state index contributed by atoms with van der Waals surface area (Å²) in [7, 11) is 0. The van der Waals surface area contributed by atoms with Crippen molar-refractivity contribution < 1.29 is 14.3 Å². The minimum Gasteiger partial charge on any atom is -0.494 e. The van der Waals surface area contributed by atoms with E-state index in [1.54, 1.807) is 24.3 Å². The third-order valence-electron chi connectivity index (χ3n) is 6.19. The first-order valence-corrected chi connectivity index (χ1v) is 13.3. The zero-order valence-electron chi connectivity index (χ0n) is 21.3. The van der Waals surface area contributed by atoms with Gasteiger partial charge in [0, 0.05) is 24.5 Å². The molecule has 0 aliphatic carbocycles. The van der Waals surface area contributed by atoms with Crippen LogP contribution >= 0.6 is 11.6 Å². The number of ether oxygens (including phenoxy) is 2. The molecule has 0 saturated carbocycles. The average molecular weight is 520 g/mol. The van der Waals surface area contributed by atoms with Crippen LogP contribution in [0, 0.1) is 0 Å². The summed E-state index contributed by atoms with van der Waals surface area (Å²) in [6, 6.07) is 23.5. The van der Waals surface area contributed by atoms with Gasteiger partial charge < -0.3 is 19.4 Å². The van der Waals surface area contributed by atoms with Gasteiger partial charge in [0.1, 0.15) is 17.3 Å². The molecule has 3 aromatic carbocycles. The molecule has 37 heavy (non-hydrogen) atoms. The number of carbonyl (C=O) groups excluding carboxylic acids is 1. The van der Waals surface area contributed by atoms with E-state index in [9.17, 15) is 4.79 Å². The zero-order chi connectivity index (χ0) is 25.9. The number of imidazole rings is 1. The molecule has 0 saturated heterocycles. The lowest BCUT2D eigenvalue weighted by Crippen LogP contribution is -2.30. The number of hydrogen-bond donors (Lipinski definition) is 1. The monoisotopic (exact) mass is 519 g/mol. The second kappa shape index (κ2) is 13.7. The Hall–Kier alpha value is -3.51. The molecule has 4 rings (SSSR count). The highest BCUT2D eigenvalue weighted by Gasteiger charge is 2.11. The van der Waals surface area contributed by atoms with E-state index in [0.29, 0.717) is 23.9 Å². The fourth-order valence-corrected chi connectivity index (χ4v) is 4.28. The number of unbranched alkanes of at least 4 members (excludes halogenated alkanes) is 1. The third-order valence-corrected chi connectivity index (χ3v) is 6.44. The summed E-state index contributed by atoms with van der Waals surface area (Å²) in [6.45, 7) is 4.27. The second-order valence-corrected chi connectivity index (χ2v) is 9.35. The van der Waals surface area contributed by atoms with Crippen molar-refractivity contribution in [3.8, 4) is 11.5 Å². The van der Waals surface area contributed by atoms with Crippen LogP contribution < -0.4 is 14.8 Å². The van der Waals surface area contributed by atoms with Gasteiger partial charge in [-0.3, -0.25) is 4.79 Å². The summed E-state index contributed by atoms with van der Waals surface area (Å²) in [5, 5.41) is 3.56. The van der Waals surface area contributed by atoms with Gasteiger partial charge in [0.15, 0.2) is 6.61 Å². The number of rotatable bonds is 14. The van der Waals surface area contributed by atoms with E-state index in [-0.39, 0.29) is 12.5 Å². The molecule has 0 aliphatic heterocycles. The molecule has 194 valence electrons. The average Bonchev–Trinajstić information content (AvgIpc) is 3.28. The van der Waals surface area contributed by atoms with E-state index in [1.807, 2.05) is 30.3 Å². The molecule has 1 heterocycles. The molecule has 0 radical (unpaired) electrons. The number of carbonyl (C=O) groups is 1. The molecule has 0 spiro atoms. The van der Waals surface area contributed by atoms with E-state index < -0.39 is 0 Å². The number of nitrogens with zero attached hydrogens (tertiary/aromatic N) is 2. The van der Waals surface area contributed by atoms with Crippen LogP contribution in [0.3, 0.4) is 0 Å². The maximum Gasteiger partial charge on any atom is 0.257 e. The molecule has 0 atom stereocenters. The van der Waals surface area contributed by atoms with Crippen molar-refractivity contribution in [1.82, 2.24) is 14.9 Å². The number of nitrogens with one attached hydrogen (secondary N) is 1. The Morgan fingerprint density at radius 3 is 2.43 bits per heavy atom. The number of para-hydroxylation sites is 2. The summed E-state index contributed by atoms with van der Waals surface area (Å²) in [5.41, 5.74) is 3.47. The van der Waals surface area contributed by atoms with Gasteiger partial charge in [-0.1, -0.05) is 42.8 Å². The van der Waals surface area contributed by atoms with Crippen LogP contribution in [0.4, 0.5) is 0 Å². The lowest BCUT2D eigenvalue weighted by atomic mass is 10.2. The highest BCUT2D eigenvalue weighted by Crippen LogP contribution is 2.19. The van der Waals surface area contributed by atoms with Gasteiger partial charge in [0.25, 0.3) is 5.91 Å². The van der Waals surface area contributed by atoms with Gasteiger partial charge in [-0.25, -0.2) is 4.98 Å². The van der Waals surface area contributed by atoms with Gasteiger partial charge in [0.2, 0.25) is 0 Å². The maximum absolute atomic E-state index is 12.1. The van der Waals surface area contributed by atoms with Crippen LogP contribution in [0.15, 0.2) is 72.8 Å². The Balaban J connectivity index is 1.22. The minimum atomic E-state index is -0.146. The molecule has 0 bridgehead atoms. The van der Waals surface area contributed by atoms with Crippen molar-refractivity contribution in [3.63, 3.8) is 0 Å². The highest BCUT2D eigenvalue weighted by molar-refractivity contribution is 6.30. The van der Waals surface area contributed by atoms with Crippen molar-refractivity contribution in [2.45, 2.75) is 45.6 Å². The summed E-state index contributed by atoms with van der Waals surface area (Å²) in [6.07, 6.45) is 4.58. The SMILES string of the molecule is CCc1ccc(OCCCCn2c(CCCNC(=O)COc3ccc(Cl)cc3)nc3ccccc32)cc1. The topological polar surface area (TPSA) is 65.4 Å². The van der Waals surface area contributed by atoms with Gasteiger partial charge in [-0.2, -0.15) is 0 Å². The summed E-state index contributed by atoms with van der Waals surface area (Å²) < 4.78 is 13.7. The summed E-state index contributed by atoms with van der Waals surface area (Å²) in [4.78, 5) is 17.0. The van der Waals surface area contributed by atoms with E-state index >= 15 is 0 Å². The molecular weight excluding hydrogens is 486 g/mol. The molecule has 6 nitrogen and oxygen atoms in total. The number of benzene rings is 3. The number of halogens is 1. The number of aryl methyl sites for hydroxylation is 3. The second-order valence-electron chi connectivity index (χ2n) is 8.92. The van der Waals surface area contributed by atoms with Gasteiger partial charge >= 0.3 is 0 Å². The summed E-state index contributed by atoms with van der Waals surface area (Å²) >= 11 is 5.87. The van der Waals surface area contributed by atoms with Crippen LogP contribution in [-0.2, 0) is 24.2 Å². The molecule has 0 fully saturated rings. The molecule has 1 N–H and O–H groups in total. The Kier molecular flexibility index (Phi) is 9.83. The molecule has 1 aromatic heterocycles. The van der Waals surface area contributed by atoms with Crippen molar-refractivity contribution in [2.24, 2.45) is 0 Å². The quantitative estimate of drug-likeness (QED) is 0.200. The fourth-order valence-electron chi connectivity index (χ4n) is 4.15. The largest absolute Gasteiger partial charge is 0.494 e. The first-order valence-electron chi connectivity index (χ1n) is 12.9. The van der Waals surface area contributed by atoms with Gasteiger partial charge in [-0.15, -0.1) is 0 Å². The van der Waals surface area contributed by atoms with E-state index in [4.69, 9.17) is 26.1 Å². The Labute approximate surface area is 223 Å². The van der Waals surface area contributed by atoms with Crippen LogP contribution in [0.1, 0.15) is 37.6 Å². The van der Waals surface area contributed by atoms with Crippen molar-refractivity contribution in [1.29, 1.82) is 0 Å². The van der Waals surface area contributed by atoms with E-state index in [0.717, 1.165) is 61.3 Å². The standard InChI is InChI=1S/C30H34ClN3O3/c1-2-23-11-15-25(16-12-23)36-21-6-5-20-34-28-9-4-3-8-27(28)33-29(34)10-7-19-32-30(35)22-37-26-17-13-24(31)14-18-26/h3-4,8-9,11-18H,2,5-7,10,19-22H2,1H3,(H,32,35). The molecule has 7 heteroatoms. The smallest absolute Gasteiger partial charge is 0.257 e. The van der Waals surface area contributed by atoms with Gasteiger partial charge in [0.05, 0.1) is 17.6 Å². The predicted molar refractivity (Wildman–Crippen MR) is 149 cm³/mol. The van der Waals surface area contributed by atoms with Crippen LogP contribution in [0.5, 0.6) is 11.5 Å². The van der Waals surface area contributed by atoms with Crippen molar-refractivity contribution in [3.05, 3.63) is 89.2 Å². The van der Waals surface area contributed by atoms with Crippen LogP contribution in [0.2, 0.25) is 5.02 Å². The van der Waals surface area contributed by atoms with Gasteiger partial charge in [-0.05, 0) is 79.8 Å².